The molecular weight excluding hydrogens is 282 g/mol. The van der Waals surface area contributed by atoms with Gasteiger partial charge in [-0.1, -0.05) is 40.9 Å². The predicted octanol–water partition coefficient (Wildman–Crippen LogP) is 2.65. The molecule has 0 aromatic heterocycles. The molecular formula is C13H18BrNO2. The smallest absolute Gasteiger partial charge is 0.230 e. The lowest BCUT2D eigenvalue weighted by atomic mass is 9.76. The van der Waals surface area contributed by atoms with Gasteiger partial charge in [0, 0.05) is 24.7 Å². The van der Waals surface area contributed by atoms with Crippen molar-refractivity contribution in [1.82, 2.24) is 4.90 Å². The molecule has 0 N–H and O–H groups in total. The maximum atomic E-state index is 12.0. The molecule has 94 valence electrons. The number of imide groups is 1. The maximum absolute atomic E-state index is 12.0. The topological polar surface area (TPSA) is 37.4 Å². The first kappa shape index (κ1) is 12.8. The number of hydrogen-bond acceptors (Lipinski definition) is 2. The van der Waals surface area contributed by atoms with Gasteiger partial charge in [0.25, 0.3) is 0 Å². The summed E-state index contributed by atoms with van der Waals surface area (Å²) in [5.74, 6) is 0.0322. The molecule has 2 amide bonds. The molecule has 2 fully saturated rings. The van der Waals surface area contributed by atoms with Crippen LogP contribution >= 0.6 is 15.9 Å². The molecule has 3 nitrogen and oxygen atoms in total. The van der Waals surface area contributed by atoms with E-state index in [2.05, 4.69) is 15.9 Å². The number of allylic oxidation sites excluding steroid dienone is 1. The van der Waals surface area contributed by atoms with Gasteiger partial charge in [0.2, 0.25) is 11.8 Å². The van der Waals surface area contributed by atoms with Crippen LogP contribution in [-0.2, 0) is 9.59 Å². The minimum Gasteiger partial charge on any atom is -0.279 e. The van der Waals surface area contributed by atoms with Crippen LogP contribution in [0.5, 0.6) is 0 Å². The van der Waals surface area contributed by atoms with Gasteiger partial charge in [-0.05, 0) is 18.3 Å². The van der Waals surface area contributed by atoms with Gasteiger partial charge in [0.05, 0.1) is 0 Å². The lowest BCUT2D eigenvalue weighted by molar-refractivity contribution is -0.152. The Hall–Kier alpha value is -0.640. The molecule has 1 aliphatic carbocycles. The SMILES string of the molecule is O=C1CC2(CCCC2)CC(=O)N1C/C=C/CBr. The van der Waals surface area contributed by atoms with Crippen molar-refractivity contribution in [2.75, 3.05) is 11.9 Å². The van der Waals surface area contributed by atoms with Gasteiger partial charge in [-0.25, -0.2) is 0 Å². The number of carbonyl (C=O) groups excluding carboxylic acids is 2. The zero-order valence-corrected chi connectivity index (χ0v) is 11.5. The summed E-state index contributed by atoms with van der Waals surface area (Å²) in [6.45, 7) is 0.430. The van der Waals surface area contributed by atoms with Gasteiger partial charge in [0.1, 0.15) is 0 Å². The van der Waals surface area contributed by atoms with Crippen molar-refractivity contribution < 1.29 is 9.59 Å². The van der Waals surface area contributed by atoms with E-state index >= 15 is 0 Å². The molecule has 1 saturated heterocycles. The first-order chi connectivity index (χ1) is 8.17. The number of amides is 2. The Morgan fingerprint density at radius 1 is 1.12 bits per heavy atom. The van der Waals surface area contributed by atoms with Crippen LogP contribution in [-0.4, -0.2) is 28.6 Å². The molecule has 0 aromatic rings. The molecule has 1 heterocycles. The van der Waals surface area contributed by atoms with E-state index in [0.717, 1.165) is 18.2 Å². The highest BCUT2D eigenvalue weighted by Crippen LogP contribution is 2.46. The number of halogens is 1. The molecule has 0 bridgehead atoms. The van der Waals surface area contributed by atoms with Crippen molar-refractivity contribution in [3.8, 4) is 0 Å². The number of carbonyl (C=O) groups is 2. The fourth-order valence-electron chi connectivity index (χ4n) is 2.96. The van der Waals surface area contributed by atoms with Gasteiger partial charge in [-0.3, -0.25) is 14.5 Å². The largest absolute Gasteiger partial charge is 0.279 e. The van der Waals surface area contributed by atoms with Crippen LogP contribution in [0.3, 0.4) is 0 Å². The summed E-state index contributed by atoms with van der Waals surface area (Å²) in [4.78, 5) is 25.4. The summed E-state index contributed by atoms with van der Waals surface area (Å²) >= 11 is 3.28. The second kappa shape index (κ2) is 5.34. The van der Waals surface area contributed by atoms with Crippen molar-refractivity contribution in [2.45, 2.75) is 38.5 Å². The molecule has 0 aromatic carbocycles. The minimum absolute atomic E-state index is 0.0161. The molecule has 0 unspecified atom stereocenters. The van der Waals surface area contributed by atoms with Crippen LogP contribution < -0.4 is 0 Å². The zero-order valence-electron chi connectivity index (χ0n) is 9.95. The number of nitrogens with zero attached hydrogens (tertiary/aromatic N) is 1. The van der Waals surface area contributed by atoms with E-state index in [1.54, 1.807) is 0 Å². The normalized spacial score (nSPS) is 24.2. The van der Waals surface area contributed by atoms with Crippen molar-refractivity contribution in [3.63, 3.8) is 0 Å². The summed E-state index contributed by atoms with van der Waals surface area (Å²) in [5, 5.41) is 0.757. The molecule has 0 atom stereocenters. The van der Waals surface area contributed by atoms with Crippen molar-refractivity contribution in [2.24, 2.45) is 5.41 Å². The summed E-state index contributed by atoms with van der Waals surface area (Å²) in [6.07, 6.45) is 9.37. The monoisotopic (exact) mass is 299 g/mol. The Kier molecular flexibility index (Phi) is 4.02. The summed E-state index contributed by atoms with van der Waals surface area (Å²) in [7, 11) is 0. The third-order valence-corrected chi connectivity index (χ3v) is 4.24. The Balaban J connectivity index is 2.01. The third kappa shape index (κ3) is 2.79. The highest BCUT2D eigenvalue weighted by Gasteiger charge is 2.44. The number of rotatable bonds is 3. The van der Waals surface area contributed by atoms with E-state index in [1.807, 2.05) is 12.2 Å². The minimum atomic E-state index is 0.0161. The highest BCUT2D eigenvalue weighted by atomic mass is 79.9. The van der Waals surface area contributed by atoms with Crippen molar-refractivity contribution >= 4 is 27.7 Å². The van der Waals surface area contributed by atoms with E-state index in [-0.39, 0.29) is 17.2 Å². The molecule has 2 rings (SSSR count). The second-order valence-corrected chi connectivity index (χ2v) is 5.73. The Morgan fingerprint density at radius 3 is 2.24 bits per heavy atom. The first-order valence-electron chi connectivity index (χ1n) is 6.21. The van der Waals surface area contributed by atoms with Crippen molar-refractivity contribution in [1.29, 1.82) is 0 Å². The molecule has 1 saturated carbocycles. The van der Waals surface area contributed by atoms with Crippen molar-refractivity contribution in [3.05, 3.63) is 12.2 Å². The van der Waals surface area contributed by atoms with Crippen LogP contribution in [0.15, 0.2) is 12.2 Å². The fourth-order valence-corrected chi connectivity index (χ4v) is 3.22. The molecule has 1 spiro atoms. The summed E-state index contributed by atoms with van der Waals surface area (Å²) in [6, 6.07) is 0. The molecule has 4 heteroatoms. The van der Waals surface area contributed by atoms with Gasteiger partial charge in [-0.15, -0.1) is 0 Å². The van der Waals surface area contributed by atoms with E-state index in [0.29, 0.717) is 19.4 Å². The van der Waals surface area contributed by atoms with E-state index < -0.39 is 0 Å². The van der Waals surface area contributed by atoms with Crippen LogP contribution in [0.1, 0.15) is 38.5 Å². The maximum Gasteiger partial charge on any atom is 0.230 e. The molecule has 1 aliphatic heterocycles. The lowest BCUT2D eigenvalue weighted by Gasteiger charge is -2.36. The lowest BCUT2D eigenvalue weighted by Crippen LogP contribution is -2.47. The second-order valence-electron chi connectivity index (χ2n) is 5.08. The average molecular weight is 300 g/mol. The third-order valence-electron chi connectivity index (χ3n) is 3.86. The van der Waals surface area contributed by atoms with Gasteiger partial charge < -0.3 is 0 Å². The van der Waals surface area contributed by atoms with Gasteiger partial charge in [0.15, 0.2) is 0 Å². The van der Waals surface area contributed by atoms with Crippen LogP contribution in [0.2, 0.25) is 0 Å². The predicted molar refractivity (Wildman–Crippen MR) is 69.8 cm³/mol. The van der Waals surface area contributed by atoms with Gasteiger partial charge in [-0.2, -0.15) is 0 Å². The van der Waals surface area contributed by atoms with E-state index in [4.69, 9.17) is 0 Å². The summed E-state index contributed by atoms with van der Waals surface area (Å²) < 4.78 is 0. The van der Waals surface area contributed by atoms with E-state index in [9.17, 15) is 9.59 Å². The summed E-state index contributed by atoms with van der Waals surface area (Å²) in [5.41, 5.74) is 0.0177. The number of hydrogen-bond donors (Lipinski definition) is 0. The number of alkyl halides is 1. The molecule has 0 radical (unpaired) electrons. The molecule has 17 heavy (non-hydrogen) atoms. The van der Waals surface area contributed by atoms with Gasteiger partial charge >= 0.3 is 0 Å². The first-order valence-corrected chi connectivity index (χ1v) is 7.33. The quantitative estimate of drug-likeness (QED) is 0.456. The Bertz CT molecular complexity index is 325. The zero-order chi connectivity index (χ0) is 12.3. The van der Waals surface area contributed by atoms with Crippen LogP contribution in [0.4, 0.5) is 0 Å². The fraction of sp³-hybridized carbons (Fsp3) is 0.692. The Labute approximate surface area is 110 Å². The van der Waals surface area contributed by atoms with Crippen LogP contribution in [0, 0.1) is 5.41 Å². The average Bonchev–Trinajstić information content (AvgIpc) is 2.70. The van der Waals surface area contributed by atoms with E-state index in [1.165, 1.54) is 17.7 Å². The standard InChI is InChI=1S/C13H18BrNO2/c14-7-3-4-8-15-11(16)9-13(10-12(15)17)5-1-2-6-13/h3-4H,1-2,5-10H2/b4-3+. The van der Waals surface area contributed by atoms with Crippen LogP contribution in [0.25, 0.3) is 0 Å². The molecule has 2 aliphatic rings. The number of likely N-dealkylation sites (tertiary alicyclic amines) is 1. The highest BCUT2D eigenvalue weighted by molar-refractivity contribution is 9.09. The Morgan fingerprint density at radius 2 is 1.71 bits per heavy atom. The number of piperidine rings is 1.